The average molecular weight is 465 g/mol. The molecule has 7 heteroatoms. The predicted octanol–water partition coefficient (Wildman–Crippen LogP) is 5.40. The smallest absolute Gasteiger partial charge is 0.261 e. The fourth-order valence-corrected chi connectivity index (χ4v) is 3.59. The van der Waals surface area contributed by atoms with Gasteiger partial charge in [-0.3, -0.25) is 9.59 Å². The van der Waals surface area contributed by atoms with E-state index in [1.165, 1.54) is 0 Å². The molecule has 1 N–H and O–H groups in total. The van der Waals surface area contributed by atoms with Crippen molar-refractivity contribution in [2.75, 3.05) is 13.2 Å². The Morgan fingerprint density at radius 3 is 2.42 bits per heavy atom. The first kappa shape index (κ1) is 25.0. The summed E-state index contributed by atoms with van der Waals surface area (Å²) in [6.07, 6.45) is 2.38. The maximum atomic E-state index is 13.2. The van der Waals surface area contributed by atoms with Crippen LogP contribution in [0.3, 0.4) is 0 Å². The van der Waals surface area contributed by atoms with Gasteiger partial charge in [-0.25, -0.2) is 0 Å². The van der Waals surface area contributed by atoms with Gasteiger partial charge in [-0.2, -0.15) is 0 Å². The maximum absolute atomic E-state index is 13.2. The van der Waals surface area contributed by atoms with Crippen molar-refractivity contribution in [3.8, 4) is 5.75 Å². The van der Waals surface area contributed by atoms with Crippen LogP contribution in [-0.2, 0) is 16.1 Å². The monoisotopic (exact) mass is 464 g/mol. The van der Waals surface area contributed by atoms with Crippen LogP contribution in [0.5, 0.6) is 5.75 Å². The first-order valence-corrected chi connectivity index (χ1v) is 11.3. The van der Waals surface area contributed by atoms with Gasteiger partial charge in [0.2, 0.25) is 5.91 Å². The summed E-state index contributed by atoms with van der Waals surface area (Å²) in [5.41, 5.74) is 2.08. The number of aryl methyl sites for hydroxylation is 1. The maximum Gasteiger partial charge on any atom is 0.261 e. The number of rotatable bonds is 11. The molecule has 0 heterocycles. The third-order valence-electron chi connectivity index (χ3n) is 4.93. The molecular formula is C24H30Cl2N2O3. The van der Waals surface area contributed by atoms with Crippen LogP contribution in [0.25, 0.3) is 0 Å². The largest absolute Gasteiger partial charge is 0.482 e. The molecule has 0 radical (unpaired) electrons. The van der Waals surface area contributed by atoms with E-state index in [1.807, 2.05) is 38.1 Å². The molecule has 0 spiro atoms. The number of amides is 2. The Morgan fingerprint density at radius 2 is 1.81 bits per heavy atom. The van der Waals surface area contributed by atoms with Gasteiger partial charge in [0.1, 0.15) is 11.8 Å². The lowest BCUT2D eigenvalue weighted by Crippen LogP contribution is -2.50. The van der Waals surface area contributed by atoms with Crippen molar-refractivity contribution in [1.29, 1.82) is 0 Å². The number of hydrogen-bond donors (Lipinski definition) is 1. The highest BCUT2D eigenvalue weighted by atomic mass is 35.5. The van der Waals surface area contributed by atoms with Gasteiger partial charge in [0.25, 0.3) is 5.91 Å². The molecule has 0 saturated carbocycles. The molecule has 0 aromatic heterocycles. The average Bonchev–Trinajstić information content (AvgIpc) is 2.74. The minimum Gasteiger partial charge on any atom is -0.482 e. The second kappa shape index (κ2) is 12.6. The van der Waals surface area contributed by atoms with E-state index in [0.717, 1.165) is 24.0 Å². The molecule has 0 unspecified atom stereocenters. The first-order chi connectivity index (χ1) is 14.8. The molecule has 1 atom stereocenters. The lowest BCUT2D eigenvalue weighted by Gasteiger charge is -2.30. The highest BCUT2D eigenvalue weighted by molar-refractivity contribution is 6.35. The predicted molar refractivity (Wildman–Crippen MR) is 126 cm³/mol. The molecule has 2 aromatic carbocycles. The Labute approximate surface area is 194 Å². The highest BCUT2D eigenvalue weighted by Gasteiger charge is 2.28. The van der Waals surface area contributed by atoms with Crippen molar-refractivity contribution < 1.29 is 14.3 Å². The summed E-state index contributed by atoms with van der Waals surface area (Å²) in [6.45, 7) is 6.65. The number of nitrogens with zero attached hydrogens (tertiary/aromatic N) is 1. The summed E-state index contributed by atoms with van der Waals surface area (Å²) in [5.74, 6) is -0.0693. The van der Waals surface area contributed by atoms with Crippen molar-refractivity contribution >= 4 is 35.0 Å². The molecule has 5 nitrogen and oxygen atoms in total. The molecule has 0 aliphatic carbocycles. The molecule has 0 aliphatic heterocycles. The second-order valence-electron chi connectivity index (χ2n) is 7.44. The van der Waals surface area contributed by atoms with E-state index >= 15 is 0 Å². The molecule has 0 aliphatic rings. The number of benzene rings is 2. The molecule has 2 amide bonds. The fourth-order valence-electron chi connectivity index (χ4n) is 3.13. The van der Waals surface area contributed by atoms with E-state index in [4.69, 9.17) is 27.9 Å². The van der Waals surface area contributed by atoms with Crippen molar-refractivity contribution in [3.05, 3.63) is 63.6 Å². The van der Waals surface area contributed by atoms with Crippen LogP contribution in [0.4, 0.5) is 0 Å². The quantitative estimate of drug-likeness (QED) is 0.452. The number of hydrogen-bond acceptors (Lipinski definition) is 3. The number of nitrogens with one attached hydrogen (secondary N) is 1. The van der Waals surface area contributed by atoms with Crippen molar-refractivity contribution in [2.24, 2.45) is 0 Å². The summed E-state index contributed by atoms with van der Waals surface area (Å²) in [5, 5.41) is 3.76. The number of carbonyl (C=O) groups excluding carboxylic acids is 2. The molecule has 2 aromatic rings. The summed E-state index contributed by atoms with van der Waals surface area (Å²) < 4.78 is 5.65. The Kier molecular flexibility index (Phi) is 10.2. The summed E-state index contributed by atoms with van der Waals surface area (Å²) >= 11 is 12.1. The van der Waals surface area contributed by atoms with Gasteiger partial charge in [0, 0.05) is 18.1 Å². The number of unbranched alkanes of at least 4 members (excludes halogenated alkanes) is 1. The number of carbonyl (C=O) groups is 2. The Bertz CT molecular complexity index is 872. The normalized spacial score (nSPS) is 11.6. The van der Waals surface area contributed by atoms with Crippen LogP contribution in [0.15, 0.2) is 42.5 Å². The van der Waals surface area contributed by atoms with Gasteiger partial charge in [0.15, 0.2) is 6.61 Å². The van der Waals surface area contributed by atoms with E-state index in [0.29, 0.717) is 35.3 Å². The lowest BCUT2D eigenvalue weighted by molar-refractivity contribution is -0.143. The molecule has 168 valence electrons. The third kappa shape index (κ3) is 7.75. The van der Waals surface area contributed by atoms with Crippen LogP contribution < -0.4 is 10.1 Å². The van der Waals surface area contributed by atoms with Crippen LogP contribution in [0.1, 0.15) is 44.2 Å². The lowest BCUT2D eigenvalue weighted by atomic mass is 10.1. The van der Waals surface area contributed by atoms with Crippen molar-refractivity contribution in [1.82, 2.24) is 10.2 Å². The Hall–Kier alpha value is -2.24. The molecule has 0 fully saturated rings. The number of ether oxygens (including phenoxy) is 1. The zero-order valence-corrected chi connectivity index (χ0v) is 19.8. The van der Waals surface area contributed by atoms with Gasteiger partial charge in [-0.15, -0.1) is 0 Å². The van der Waals surface area contributed by atoms with Crippen LogP contribution in [-0.4, -0.2) is 35.9 Å². The summed E-state index contributed by atoms with van der Waals surface area (Å²) in [4.78, 5) is 27.6. The standard InChI is InChI=1S/C24H30Cl2N2O3/c1-4-6-13-27-24(30)21(5-2)28(15-18-9-7-17(3)8-10-18)23(29)16-31-22-12-11-19(25)14-20(22)26/h7-12,14,21H,4-6,13,15-16H2,1-3H3,(H,27,30)/t21-/m0/s1. The molecule has 0 saturated heterocycles. The molecule has 31 heavy (non-hydrogen) atoms. The topological polar surface area (TPSA) is 58.6 Å². The van der Waals surface area contributed by atoms with E-state index in [9.17, 15) is 9.59 Å². The van der Waals surface area contributed by atoms with Gasteiger partial charge in [-0.05, 0) is 43.5 Å². The Morgan fingerprint density at radius 1 is 1.10 bits per heavy atom. The van der Waals surface area contributed by atoms with E-state index in [1.54, 1.807) is 23.1 Å². The molecule has 0 bridgehead atoms. The summed E-state index contributed by atoms with van der Waals surface area (Å²) in [7, 11) is 0. The SMILES string of the molecule is CCCCNC(=O)[C@H](CC)N(Cc1ccc(C)cc1)C(=O)COc1ccc(Cl)cc1Cl. The van der Waals surface area contributed by atoms with E-state index in [2.05, 4.69) is 12.2 Å². The second-order valence-corrected chi connectivity index (χ2v) is 8.28. The van der Waals surface area contributed by atoms with Crippen LogP contribution >= 0.6 is 23.2 Å². The zero-order chi connectivity index (χ0) is 22.8. The van der Waals surface area contributed by atoms with Crippen molar-refractivity contribution in [3.63, 3.8) is 0 Å². The van der Waals surface area contributed by atoms with Gasteiger partial charge in [-0.1, -0.05) is 73.3 Å². The van der Waals surface area contributed by atoms with Gasteiger partial charge in [0.05, 0.1) is 5.02 Å². The number of halogens is 2. The minimum atomic E-state index is -0.588. The highest BCUT2D eigenvalue weighted by Crippen LogP contribution is 2.27. The minimum absolute atomic E-state index is 0.152. The molecule has 2 rings (SSSR count). The third-order valence-corrected chi connectivity index (χ3v) is 5.46. The molecular weight excluding hydrogens is 435 g/mol. The van der Waals surface area contributed by atoms with Gasteiger partial charge >= 0.3 is 0 Å². The van der Waals surface area contributed by atoms with Crippen LogP contribution in [0, 0.1) is 6.92 Å². The van der Waals surface area contributed by atoms with Gasteiger partial charge < -0.3 is 15.0 Å². The summed E-state index contributed by atoms with van der Waals surface area (Å²) in [6, 6.07) is 12.2. The van der Waals surface area contributed by atoms with E-state index < -0.39 is 6.04 Å². The fraction of sp³-hybridized carbons (Fsp3) is 0.417. The van der Waals surface area contributed by atoms with Crippen molar-refractivity contribution in [2.45, 2.75) is 52.6 Å². The Balaban J connectivity index is 2.18. The first-order valence-electron chi connectivity index (χ1n) is 10.6. The zero-order valence-electron chi connectivity index (χ0n) is 18.3. The van der Waals surface area contributed by atoms with Crippen LogP contribution in [0.2, 0.25) is 10.0 Å². The van der Waals surface area contributed by atoms with E-state index in [-0.39, 0.29) is 18.4 Å².